The van der Waals surface area contributed by atoms with Crippen LogP contribution in [0.25, 0.3) is 111 Å². The van der Waals surface area contributed by atoms with Gasteiger partial charge in [-0.2, -0.15) is 0 Å². The Hall–Kier alpha value is -8.21. The highest BCUT2D eigenvalue weighted by molar-refractivity contribution is 6.13. The molecule has 0 fully saturated rings. The first kappa shape index (κ1) is 36.4. The second-order valence-corrected chi connectivity index (χ2v) is 17.0. The second-order valence-electron chi connectivity index (χ2n) is 17.0. The minimum atomic E-state index is -0.00186. The summed E-state index contributed by atoms with van der Waals surface area (Å²) in [6, 6.07) is 73.8. The number of aryl methyl sites for hydroxylation is 1. The third kappa shape index (κ3) is 5.95. The summed E-state index contributed by atoms with van der Waals surface area (Å²) >= 11 is 0. The van der Waals surface area contributed by atoms with Crippen molar-refractivity contribution in [3.63, 3.8) is 0 Å². The van der Waals surface area contributed by atoms with Crippen molar-refractivity contribution in [2.45, 2.75) is 18.8 Å². The quantitative estimate of drug-likeness (QED) is 0.162. The van der Waals surface area contributed by atoms with Crippen LogP contribution in [0, 0.1) is 0 Å². The average molecular weight is 818 g/mol. The van der Waals surface area contributed by atoms with Gasteiger partial charge in [0.25, 0.3) is 0 Å². The first-order chi connectivity index (χ1) is 31.7. The predicted octanol–water partition coefficient (Wildman–Crippen LogP) is 15.6. The standard InChI is InChI=1S/C60H39N3O/c1-2-15-37(16-3-1)38-20-14-21-43(34-38)58-61-59(63-60(62-58)53-36-41-19-6-7-22-44(41)45-23-8-11-26-48(45)53)51-31-32-55-57(50-27-12-13-28-54(50)64-55)56(51)49-30-29-42-33-39-17-4-5-18-40(39)35-52(42)47-25-10-9-24-46(47)49/h1-28,31-36,49H,29-30H2. The molecule has 1 unspecified atom stereocenters. The SMILES string of the molecule is c1ccc(-c2cccc(-c3nc(-c4ccc5oc6ccccc6c5c4C4CCc5cc6ccccc6cc5-c5ccccc54)nc(-c4cc5ccccc5c5ccccc45)n3)c2)cc1. The zero-order chi connectivity index (χ0) is 42.1. The topological polar surface area (TPSA) is 51.8 Å². The van der Waals surface area contributed by atoms with Crippen molar-refractivity contribution in [1.82, 2.24) is 15.0 Å². The normalized spacial score (nSPS) is 13.7. The molecule has 10 aromatic carbocycles. The molecular formula is C60H39N3O. The average Bonchev–Trinajstić information content (AvgIpc) is 3.67. The minimum absolute atomic E-state index is 0.00186. The Morgan fingerprint density at radius 2 is 1.00 bits per heavy atom. The van der Waals surface area contributed by atoms with Crippen molar-refractivity contribution in [1.29, 1.82) is 0 Å². The van der Waals surface area contributed by atoms with Gasteiger partial charge in [0.05, 0.1) is 0 Å². The molecule has 12 aromatic rings. The van der Waals surface area contributed by atoms with E-state index in [1.165, 1.54) is 49.4 Å². The molecule has 0 saturated carbocycles. The summed E-state index contributed by atoms with van der Waals surface area (Å²) in [5, 5.41) is 9.32. The Kier molecular flexibility index (Phi) is 8.38. The summed E-state index contributed by atoms with van der Waals surface area (Å²) in [5.41, 5.74) is 13.2. The number of hydrogen-bond donors (Lipinski definition) is 0. The van der Waals surface area contributed by atoms with E-state index in [2.05, 4.69) is 206 Å². The molecule has 300 valence electrons. The minimum Gasteiger partial charge on any atom is -0.456 e. The van der Waals surface area contributed by atoms with E-state index >= 15 is 0 Å². The number of fused-ring (bicyclic) bond motifs is 10. The first-order valence-corrected chi connectivity index (χ1v) is 22.1. The smallest absolute Gasteiger partial charge is 0.164 e. The summed E-state index contributed by atoms with van der Waals surface area (Å²) < 4.78 is 6.69. The van der Waals surface area contributed by atoms with Crippen LogP contribution >= 0.6 is 0 Å². The van der Waals surface area contributed by atoms with Crippen LogP contribution < -0.4 is 0 Å². The van der Waals surface area contributed by atoms with Crippen LogP contribution in [0.15, 0.2) is 211 Å². The van der Waals surface area contributed by atoms with Crippen LogP contribution in [0.4, 0.5) is 0 Å². The molecule has 0 saturated heterocycles. The highest BCUT2D eigenvalue weighted by atomic mass is 16.3. The zero-order valence-electron chi connectivity index (χ0n) is 34.9. The lowest BCUT2D eigenvalue weighted by Gasteiger charge is -2.23. The van der Waals surface area contributed by atoms with Gasteiger partial charge in [-0.3, -0.25) is 0 Å². The third-order valence-electron chi connectivity index (χ3n) is 13.3. The van der Waals surface area contributed by atoms with Crippen LogP contribution in [0.5, 0.6) is 0 Å². The summed E-state index contributed by atoms with van der Waals surface area (Å²) in [6.45, 7) is 0. The van der Waals surface area contributed by atoms with Gasteiger partial charge in [0, 0.05) is 33.4 Å². The third-order valence-corrected chi connectivity index (χ3v) is 13.3. The molecule has 64 heavy (non-hydrogen) atoms. The van der Waals surface area contributed by atoms with Crippen molar-refractivity contribution in [2.75, 3.05) is 0 Å². The van der Waals surface area contributed by atoms with Gasteiger partial charge in [0.1, 0.15) is 11.2 Å². The highest BCUT2D eigenvalue weighted by Gasteiger charge is 2.30. The fraction of sp³-hybridized carbons (Fsp3) is 0.0500. The molecule has 0 bridgehead atoms. The fourth-order valence-electron chi connectivity index (χ4n) is 10.4. The number of furan rings is 1. The van der Waals surface area contributed by atoms with Crippen molar-refractivity contribution in [2.24, 2.45) is 0 Å². The summed E-state index contributed by atoms with van der Waals surface area (Å²) in [6.07, 6.45) is 1.81. The van der Waals surface area contributed by atoms with E-state index in [1.807, 2.05) is 0 Å². The Labute approximate surface area is 370 Å². The Balaban J connectivity index is 1.10. The predicted molar refractivity (Wildman–Crippen MR) is 263 cm³/mol. The Bertz CT molecular complexity index is 3810. The van der Waals surface area contributed by atoms with Gasteiger partial charge in [-0.05, 0) is 121 Å². The molecule has 0 radical (unpaired) electrons. The van der Waals surface area contributed by atoms with Gasteiger partial charge in [0.2, 0.25) is 0 Å². The first-order valence-electron chi connectivity index (χ1n) is 22.1. The molecule has 1 atom stereocenters. The highest BCUT2D eigenvalue weighted by Crippen LogP contribution is 2.49. The number of hydrogen-bond acceptors (Lipinski definition) is 4. The number of aromatic nitrogens is 3. The molecule has 0 spiro atoms. The lowest BCUT2D eigenvalue weighted by Crippen LogP contribution is -2.08. The van der Waals surface area contributed by atoms with Gasteiger partial charge >= 0.3 is 0 Å². The molecule has 2 heterocycles. The molecule has 13 rings (SSSR count). The molecule has 0 aliphatic heterocycles. The fourth-order valence-corrected chi connectivity index (χ4v) is 10.4. The molecular weight excluding hydrogens is 779 g/mol. The zero-order valence-corrected chi connectivity index (χ0v) is 34.9. The summed E-state index contributed by atoms with van der Waals surface area (Å²) in [4.78, 5) is 16.5. The summed E-state index contributed by atoms with van der Waals surface area (Å²) in [5.74, 6) is 1.89. The van der Waals surface area contributed by atoms with Crippen LogP contribution in [0.1, 0.15) is 29.0 Å². The van der Waals surface area contributed by atoms with Gasteiger partial charge in [0.15, 0.2) is 17.5 Å². The molecule has 4 heteroatoms. The van der Waals surface area contributed by atoms with Crippen LogP contribution in [0.2, 0.25) is 0 Å². The van der Waals surface area contributed by atoms with Gasteiger partial charge in [-0.15, -0.1) is 0 Å². The second kappa shape index (κ2) is 14.7. The van der Waals surface area contributed by atoms with Crippen molar-refractivity contribution in [3.8, 4) is 56.4 Å². The maximum Gasteiger partial charge on any atom is 0.164 e. The Morgan fingerprint density at radius 3 is 1.86 bits per heavy atom. The van der Waals surface area contributed by atoms with E-state index < -0.39 is 0 Å². The van der Waals surface area contributed by atoms with E-state index in [-0.39, 0.29) is 5.92 Å². The lowest BCUT2D eigenvalue weighted by molar-refractivity contribution is 0.667. The van der Waals surface area contributed by atoms with E-state index in [0.29, 0.717) is 17.5 Å². The van der Waals surface area contributed by atoms with Crippen LogP contribution in [-0.2, 0) is 6.42 Å². The van der Waals surface area contributed by atoms with E-state index in [4.69, 9.17) is 19.4 Å². The largest absolute Gasteiger partial charge is 0.456 e. The maximum atomic E-state index is 6.69. The molecule has 4 nitrogen and oxygen atoms in total. The Morgan fingerprint density at radius 1 is 0.375 bits per heavy atom. The van der Waals surface area contributed by atoms with E-state index in [0.717, 1.165) is 73.4 Å². The van der Waals surface area contributed by atoms with Gasteiger partial charge in [-0.25, -0.2) is 15.0 Å². The van der Waals surface area contributed by atoms with Gasteiger partial charge < -0.3 is 4.42 Å². The van der Waals surface area contributed by atoms with E-state index in [1.54, 1.807) is 0 Å². The van der Waals surface area contributed by atoms with E-state index in [9.17, 15) is 0 Å². The van der Waals surface area contributed by atoms with Crippen molar-refractivity contribution < 1.29 is 4.42 Å². The van der Waals surface area contributed by atoms with Crippen molar-refractivity contribution >= 4 is 54.3 Å². The molecule has 0 N–H and O–H groups in total. The molecule has 0 amide bonds. The van der Waals surface area contributed by atoms with Crippen LogP contribution in [0.3, 0.4) is 0 Å². The molecule has 1 aliphatic rings. The van der Waals surface area contributed by atoms with Crippen LogP contribution in [-0.4, -0.2) is 15.0 Å². The maximum absolute atomic E-state index is 6.69. The molecule has 1 aliphatic carbocycles. The number of rotatable bonds is 5. The van der Waals surface area contributed by atoms with Gasteiger partial charge in [-0.1, -0.05) is 170 Å². The van der Waals surface area contributed by atoms with Crippen molar-refractivity contribution in [3.05, 3.63) is 223 Å². The lowest BCUT2D eigenvalue weighted by atomic mass is 9.81. The number of nitrogens with zero attached hydrogens (tertiary/aromatic N) is 3. The molecule has 2 aromatic heterocycles. The summed E-state index contributed by atoms with van der Waals surface area (Å²) in [7, 11) is 0. The number of para-hydroxylation sites is 1. The number of benzene rings is 10. The monoisotopic (exact) mass is 817 g/mol.